The summed E-state index contributed by atoms with van der Waals surface area (Å²) < 4.78 is 0.962. The van der Waals surface area contributed by atoms with Gasteiger partial charge in [0.2, 0.25) is 5.91 Å². The van der Waals surface area contributed by atoms with Gasteiger partial charge in [-0.25, -0.2) is 9.97 Å². The summed E-state index contributed by atoms with van der Waals surface area (Å²) in [4.78, 5) is 27.0. The van der Waals surface area contributed by atoms with Crippen molar-refractivity contribution in [1.82, 2.24) is 20.3 Å². The van der Waals surface area contributed by atoms with E-state index in [1.54, 1.807) is 6.33 Å². The van der Waals surface area contributed by atoms with Crippen molar-refractivity contribution in [3.05, 3.63) is 52.9 Å². The highest BCUT2D eigenvalue weighted by atomic mass is 79.9. The number of benzene rings is 1. The van der Waals surface area contributed by atoms with Crippen LogP contribution in [0, 0.1) is 0 Å². The maximum absolute atomic E-state index is 13.1. The number of aliphatic hydroxyl groups is 1. The number of anilines is 1. The van der Waals surface area contributed by atoms with E-state index < -0.39 is 5.54 Å². The number of amides is 1. The number of piperidine rings is 1. The number of aromatic nitrogens is 3. The minimum absolute atomic E-state index is 0.0211. The quantitative estimate of drug-likeness (QED) is 0.436. The summed E-state index contributed by atoms with van der Waals surface area (Å²) in [6, 6.07) is 9.40. The van der Waals surface area contributed by atoms with Gasteiger partial charge in [0, 0.05) is 30.4 Å². The molecule has 1 saturated heterocycles. The number of aromatic amines is 1. The van der Waals surface area contributed by atoms with Gasteiger partial charge in [-0.15, -0.1) is 0 Å². The van der Waals surface area contributed by atoms with E-state index in [4.69, 9.17) is 5.73 Å². The van der Waals surface area contributed by atoms with Crippen LogP contribution in [-0.4, -0.2) is 51.2 Å². The van der Waals surface area contributed by atoms with Crippen LogP contribution < -0.4 is 16.0 Å². The molecule has 1 unspecified atom stereocenters. The molecule has 0 aliphatic carbocycles. The van der Waals surface area contributed by atoms with Crippen LogP contribution in [0.5, 0.6) is 0 Å². The van der Waals surface area contributed by atoms with E-state index in [0.717, 1.165) is 26.9 Å². The Kier molecular flexibility index (Phi) is 6.03. The van der Waals surface area contributed by atoms with Gasteiger partial charge in [-0.1, -0.05) is 28.1 Å². The molecule has 3 heterocycles. The van der Waals surface area contributed by atoms with E-state index >= 15 is 0 Å². The monoisotopic (exact) mass is 472 g/mol. The highest BCUT2D eigenvalue weighted by Gasteiger charge is 2.39. The number of nitrogens with zero attached hydrogens (tertiary/aromatic N) is 3. The third kappa shape index (κ3) is 4.19. The van der Waals surface area contributed by atoms with Crippen molar-refractivity contribution in [3.63, 3.8) is 0 Å². The molecule has 1 atom stereocenters. The molecule has 1 fully saturated rings. The Morgan fingerprint density at radius 2 is 2.00 bits per heavy atom. The molecular formula is C21H25BrN6O2. The first-order chi connectivity index (χ1) is 14.5. The molecule has 8 nitrogen and oxygen atoms in total. The summed E-state index contributed by atoms with van der Waals surface area (Å²) >= 11 is 3.42. The Morgan fingerprint density at radius 3 is 2.70 bits per heavy atom. The van der Waals surface area contributed by atoms with E-state index in [1.807, 2.05) is 36.5 Å². The second-order valence-corrected chi connectivity index (χ2v) is 8.59. The average Bonchev–Trinajstić information content (AvgIpc) is 3.24. The molecule has 0 bridgehead atoms. The summed E-state index contributed by atoms with van der Waals surface area (Å²) in [5.74, 6) is 0.676. The molecule has 9 heteroatoms. The summed E-state index contributed by atoms with van der Waals surface area (Å²) in [5.41, 5.74) is 7.32. The summed E-state index contributed by atoms with van der Waals surface area (Å²) in [6.07, 6.45) is 4.85. The molecule has 1 aliphatic heterocycles. The number of fused-ring (bicyclic) bond motifs is 1. The first kappa shape index (κ1) is 20.8. The van der Waals surface area contributed by atoms with Gasteiger partial charge >= 0.3 is 0 Å². The summed E-state index contributed by atoms with van der Waals surface area (Å²) in [7, 11) is 0. The first-order valence-corrected chi connectivity index (χ1v) is 10.8. The van der Waals surface area contributed by atoms with Gasteiger partial charge < -0.3 is 26.0 Å². The van der Waals surface area contributed by atoms with Crippen molar-refractivity contribution < 1.29 is 9.90 Å². The number of carbonyl (C=O) groups excluding carboxylic acids is 1. The number of H-pyrrole nitrogens is 1. The number of rotatable bonds is 6. The number of carbonyl (C=O) groups is 1. The molecule has 158 valence electrons. The molecule has 5 N–H and O–H groups in total. The number of aliphatic hydroxyl groups excluding tert-OH is 1. The Balaban J connectivity index is 1.44. The second-order valence-electron chi connectivity index (χ2n) is 7.67. The van der Waals surface area contributed by atoms with Gasteiger partial charge in [0.05, 0.1) is 17.0 Å². The predicted molar refractivity (Wildman–Crippen MR) is 119 cm³/mol. The molecule has 30 heavy (non-hydrogen) atoms. The number of nitrogens with two attached hydrogens (primary N) is 1. The molecule has 0 spiro atoms. The van der Waals surface area contributed by atoms with Crippen LogP contribution in [-0.2, 0) is 4.79 Å². The summed E-state index contributed by atoms with van der Waals surface area (Å²) in [5, 5.41) is 13.5. The van der Waals surface area contributed by atoms with Gasteiger partial charge in [0.25, 0.3) is 0 Å². The van der Waals surface area contributed by atoms with Crippen LogP contribution >= 0.6 is 15.9 Å². The third-order valence-electron chi connectivity index (χ3n) is 5.74. The van der Waals surface area contributed by atoms with Crippen LogP contribution in [0.3, 0.4) is 0 Å². The number of hydrogen-bond acceptors (Lipinski definition) is 6. The fourth-order valence-corrected chi connectivity index (χ4v) is 4.17. The van der Waals surface area contributed by atoms with Gasteiger partial charge in [-0.3, -0.25) is 4.79 Å². The van der Waals surface area contributed by atoms with Gasteiger partial charge in [0.15, 0.2) is 0 Å². The normalized spacial score (nSPS) is 17.1. The number of halogens is 1. The fraction of sp³-hybridized carbons (Fsp3) is 0.381. The lowest BCUT2D eigenvalue weighted by Gasteiger charge is -2.39. The molecule has 3 aromatic rings. The van der Waals surface area contributed by atoms with E-state index in [1.165, 1.54) is 0 Å². The lowest BCUT2D eigenvalue weighted by atomic mass is 9.87. The maximum atomic E-state index is 13.1. The lowest BCUT2D eigenvalue weighted by molar-refractivity contribution is -0.128. The van der Waals surface area contributed by atoms with Crippen LogP contribution in [0.15, 0.2) is 47.3 Å². The van der Waals surface area contributed by atoms with Gasteiger partial charge in [-0.05, 0) is 43.0 Å². The topological polar surface area (TPSA) is 120 Å². The fourth-order valence-electron chi connectivity index (χ4n) is 3.90. The minimum Gasteiger partial charge on any atom is -0.396 e. The molecule has 4 rings (SSSR count). The first-order valence-electron chi connectivity index (χ1n) is 9.99. The number of hydrogen-bond donors (Lipinski definition) is 4. The summed E-state index contributed by atoms with van der Waals surface area (Å²) in [6.45, 7) is 1.24. The second kappa shape index (κ2) is 8.71. The van der Waals surface area contributed by atoms with Crippen molar-refractivity contribution in [3.8, 4) is 0 Å². The molecule has 0 radical (unpaired) electrons. The molecule has 1 aromatic carbocycles. The maximum Gasteiger partial charge on any atom is 0.240 e. The molecule has 1 aliphatic rings. The molecular weight excluding hydrogens is 448 g/mol. The van der Waals surface area contributed by atoms with Crippen molar-refractivity contribution in [2.24, 2.45) is 5.73 Å². The zero-order valence-corrected chi connectivity index (χ0v) is 18.1. The Hall–Kier alpha value is -2.49. The van der Waals surface area contributed by atoms with E-state index in [-0.39, 0.29) is 18.6 Å². The molecule has 1 amide bonds. The van der Waals surface area contributed by atoms with E-state index in [9.17, 15) is 9.90 Å². The van der Waals surface area contributed by atoms with Crippen molar-refractivity contribution in [1.29, 1.82) is 0 Å². The predicted octanol–water partition coefficient (Wildman–Crippen LogP) is 2.26. The van der Waals surface area contributed by atoms with Crippen molar-refractivity contribution >= 4 is 38.7 Å². The minimum atomic E-state index is -0.955. The SMILES string of the molecule is NC1(C(=O)NC(CCO)c2ccc(Br)cc2)CCN(c2ncnc3[nH]ccc23)CC1. The molecule has 0 saturated carbocycles. The largest absolute Gasteiger partial charge is 0.396 e. The van der Waals surface area contributed by atoms with E-state index in [2.05, 4.69) is 41.1 Å². The zero-order valence-electron chi connectivity index (χ0n) is 16.5. The van der Waals surface area contributed by atoms with Crippen LogP contribution in [0.25, 0.3) is 11.0 Å². The highest BCUT2D eigenvalue weighted by molar-refractivity contribution is 9.10. The Morgan fingerprint density at radius 1 is 1.27 bits per heavy atom. The standard InChI is InChI=1S/C21H25BrN6O2/c22-15-3-1-14(2-4-15)17(6-12-29)27-20(30)21(23)7-10-28(11-8-21)19-16-5-9-24-18(16)25-13-26-19/h1-5,9,13,17,29H,6-8,10-12,23H2,(H,27,30)(H,24,25,26). The third-order valence-corrected chi connectivity index (χ3v) is 6.26. The number of nitrogens with one attached hydrogen (secondary N) is 2. The lowest BCUT2D eigenvalue weighted by Crippen LogP contribution is -2.60. The average molecular weight is 473 g/mol. The Bertz CT molecular complexity index is 1010. The smallest absolute Gasteiger partial charge is 0.240 e. The van der Waals surface area contributed by atoms with Gasteiger partial charge in [-0.2, -0.15) is 0 Å². The molecule has 2 aromatic heterocycles. The van der Waals surface area contributed by atoms with Crippen molar-refractivity contribution in [2.75, 3.05) is 24.6 Å². The van der Waals surface area contributed by atoms with E-state index in [0.29, 0.717) is 32.4 Å². The Labute approximate surface area is 183 Å². The highest BCUT2D eigenvalue weighted by Crippen LogP contribution is 2.29. The van der Waals surface area contributed by atoms with Crippen molar-refractivity contribution in [2.45, 2.75) is 30.8 Å². The zero-order chi connectivity index (χ0) is 21.1. The van der Waals surface area contributed by atoms with Crippen LogP contribution in [0.1, 0.15) is 30.9 Å². The van der Waals surface area contributed by atoms with Gasteiger partial charge in [0.1, 0.15) is 17.8 Å². The van der Waals surface area contributed by atoms with Crippen LogP contribution in [0.2, 0.25) is 0 Å². The van der Waals surface area contributed by atoms with Crippen LogP contribution in [0.4, 0.5) is 5.82 Å².